The Labute approximate surface area is 217 Å². The summed E-state index contributed by atoms with van der Waals surface area (Å²) in [5.74, 6) is -0.0792. The van der Waals surface area contributed by atoms with Gasteiger partial charge in [0.05, 0.1) is 31.9 Å². The minimum atomic E-state index is -4.02. The number of ether oxygens (including phenoxy) is 1. The number of benzene rings is 1. The van der Waals surface area contributed by atoms with Crippen LogP contribution in [0.3, 0.4) is 0 Å². The summed E-state index contributed by atoms with van der Waals surface area (Å²) < 4.78 is 65.0. The number of rotatable bonds is 8. The van der Waals surface area contributed by atoms with Gasteiger partial charge in [-0.1, -0.05) is 12.1 Å². The predicted octanol–water partition coefficient (Wildman–Crippen LogP) is 1.13. The molecule has 1 aliphatic rings. The van der Waals surface area contributed by atoms with Crippen molar-refractivity contribution >= 4 is 31.6 Å². The molecule has 14 heteroatoms. The molecule has 0 spiro atoms. The molecule has 2 N–H and O–H groups in total. The van der Waals surface area contributed by atoms with E-state index in [1.165, 1.54) is 42.2 Å². The highest BCUT2D eigenvalue weighted by Crippen LogP contribution is 2.31. The number of aromatic nitrogens is 1. The van der Waals surface area contributed by atoms with Crippen LogP contribution in [0.15, 0.2) is 27.6 Å². The van der Waals surface area contributed by atoms with Crippen LogP contribution in [0.4, 0.5) is 5.69 Å². The van der Waals surface area contributed by atoms with Crippen LogP contribution >= 0.6 is 0 Å². The Bertz CT molecular complexity index is 1340. The Morgan fingerprint density at radius 3 is 2.51 bits per heavy atom. The van der Waals surface area contributed by atoms with E-state index >= 15 is 0 Å². The van der Waals surface area contributed by atoms with Gasteiger partial charge in [0.15, 0.2) is 10.7 Å². The zero-order chi connectivity index (χ0) is 27.7. The zero-order valence-corrected chi connectivity index (χ0v) is 23.4. The number of carbonyl (C=O) groups excluding carboxylic acids is 1. The number of nitrogens with one attached hydrogen (secondary N) is 1. The Balaban J connectivity index is 2.02. The van der Waals surface area contributed by atoms with Gasteiger partial charge in [-0.05, 0) is 39.0 Å². The molecule has 0 aliphatic carbocycles. The van der Waals surface area contributed by atoms with E-state index in [1.807, 2.05) is 6.92 Å². The summed E-state index contributed by atoms with van der Waals surface area (Å²) in [6, 6.07) is 4.09. The maximum Gasteiger partial charge on any atom is 0.267 e. The summed E-state index contributed by atoms with van der Waals surface area (Å²) in [6.07, 6.45) is 0.367. The van der Waals surface area contributed by atoms with Crippen molar-refractivity contribution in [2.75, 3.05) is 37.7 Å². The number of likely N-dealkylation sites (N-methyl/N-ethyl adjacent to an activating group) is 1. The third kappa shape index (κ3) is 6.61. The molecule has 3 atom stereocenters. The van der Waals surface area contributed by atoms with Crippen LogP contribution in [-0.4, -0.2) is 87.4 Å². The standard InChI is InChI=1S/C23H34N4O8S2/c1-14-11-27(15(2)13-28)22(29)10-18-9-19(25-37(32,33)23-16(3)24-35-17(23)4)7-8-20(18)34-21(14)12-26(5)36(6,30)31/h7-9,14-15,21,25,28H,10-13H2,1-6H3/t14-,15-,21+/m0/s1. The fraction of sp³-hybridized carbons (Fsp3) is 0.565. The Kier molecular flexibility index (Phi) is 8.57. The van der Waals surface area contributed by atoms with Crippen molar-refractivity contribution in [3.8, 4) is 5.75 Å². The molecule has 2 aromatic rings. The summed E-state index contributed by atoms with van der Waals surface area (Å²) in [7, 11) is -6.07. The van der Waals surface area contributed by atoms with Crippen LogP contribution in [0.25, 0.3) is 0 Å². The predicted molar refractivity (Wildman–Crippen MR) is 136 cm³/mol. The van der Waals surface area contributed by atoms with Gasteiger partial charge in [-0.2, -0.15) is 0 Å². The van der Waals surface area contributed by atoms with Gasteiger partial charge in [0.1, 0.15) is 17.5 Å². The van der Waals surface area contributed by atoms with Gasteiger partial charge in [0, 0.05) is 30.8 Å². The number of carbonyl (C=O) groups is 1. The van der Waals surface area contributed by atoms with E-state index in [9.17, 15) is 26.7 Å². The molecule has 1 amide bonds. The van der Waals surface area contributed by atoms with Crippen molar-refractivity contribution in [3.05, 3.63) is 35.2 Å². The lowest BCUT2D eigenvalue weighted by Crippen LogP contribution is -2.48. The molecule has 0 bridgehead atoms. The van der Waals surface area contributed by atoms with E-state index in [4.69, 9.17) is 9.26 Å². The molecule has 0 saturated carbocycles. The first-order valence-electron chi connectivity index (χ1n) is 11.7. The largest absolute Gasteiger partial charge is 0.488 e. The molecule has 1 aliphatic heterocycles. The number of aryl methyl sites for hydroxylation is 2. The molecule has 1 aromatic carbocycles. The molecular formula is C23H34N4O8S2. The second-order valence-electron chi connectivity index (χ2n) is 9.51. The summed E-state index contributed by atoms with van der Waals surface area (Å²) in [6.45, 7) is 6.61. The van der Waals surface area contributed by atoms with Gasteiger partial charge in [-0.3, -0.25) is 9.52 Å². The third-order valence-electron chi connectivity index (χ3n) is 6.41. The second kappa shape index (κ2) is 11.0. The van der Waals surface area contributed by atoms with Gasteiger partial charge < -0.3 is 19.3 Å². The number of fused-ring (bicyclic) bond motifs is 1. The smallest absolute Gasteiger partial charge is 0.267 e. The summed E-state index contributed by atoms with van der Waals surface area (Å²) in [5.41, 5.74) is 0.834. The van der Waals surface area contributed by atoms with Crippen molar-refractivity contribution in [3.63, 3.8) is 0 Å². The zero-order valence-electron chi connectivity index (χ0n) is 21.8. The number of aliphatic hydroxyl groups is 1. The molecule has 12 nitrogen and oxygen atoms in total. The molecule has 0 saturated heterocycles. The van der Waals surface area contributed by atoms with E-state index in [2.05, 4.69) is 9.88 Å². The topological polar surface area (TPSA) is 159 Å². The highest BCUT2D eigenvalue weighted by molar-refractivity contribution is 7.92. The second-order valence-corrected chi connectivity index (χ2v) is 13.2. The lowest BCUT2D eigenvalue weighted by molar-refractivity contribution is -0.134. The van der Waals surface area contributed by atoms with Gasteiger partial charge in [-0.15, -0.1) is 0 Å². The summed E-state index contributed by atoms with van der Waals surface area (Å²) in [5, 5.41) is 13.4. The number of aliphatic hydroxyl groups excluding tert-OH is 1. The molecule has 206 valence electrons. The number of amides is 1. The van der Waals surface area contributed by atoms with Gasteiger partial charge in [0.25, 0.3) is 10.0 Å². The first-order chi connectivity index (χ1) is 17.1. The van der Waals surface area contributed by atoms with Crippen molar-refractivity contribution in [1.82, 2.24) is 14.4 Å². The molecular weight excluding hydrogens is 524 g/mol. The van der Waals surface area contributed by atoms with E-state index in [1.54, 1.807) is 13.0 Å². The maximum atomic E-state index is 13.3. The van der Waals surface area contributed by atoms with Crippen molar-refractivity contribution in [1.29, 1.82) is 0 Å². The van der Waals surface area contributed by atoms with Crippen LogP contribution in [0.5, 0.6) is 5.75 Å². The highest BCUT2D eigenvalue weighted by atomic mass is 32.2. The van der Waals surface area contributed by atoms with E-state index in [0.29, 0.717) is 11.3 Å². The first kappa shape index (κ1) is 28.9. The third-order valence-corrected chi connectivity index (χ3v) is 9.31. The SMILES string of the molecule is Cc1noc(C)c1S(=O)(=O)Nc1ccc2c(c1)CC(=O)N([C@@H](C)CO)C[C@H](C)[C@@H](CN(C)S(C)(=O)=O)O2. The molecule has 1 aromatic heterocycles. The maximum absolute atomic E-state index is 13.3. The monoisotopic (exact) mass is 558 g/mol. The van der Waals surface area contributed by atoms with Crippen LogP contribution in [0.1, 0.15) is 30.9 Å². The number of anilines is 1. The molecule has 0 unspecified atom stereocenters. The van der Waals surface area contributed by atoms with E-state index in [-0.39, 0.29) is 60.0 Å². The Morgan fingerprint density at radius 2 is 1.95 bits per heavy atom. The molecule has 0 radical (unpaired) electrons. The number of hydrogen-bond acceptors (Lipinski definition) is 9. The summed E-state index contributed by atoms with van der Waals surface area (Å²) >= 11 is 0. The molecule has 0 fully saturated rings. The lowest BCUT2D eigenvalue weighted by atomic mass is 10.0. The highest BCUT2D eigenvalue weighted by Gasteiger charge is 2.32. The quantitative estimate of drug-likeness (QED) is 0.484. The summed E-state index contributed by atoms with van der Waals surface area (Å²) in [4.78, 5) is 14.8. The minimum absolute atomic E-state index is 0.0371. The number of sulfonamides is 2. The molecule has 3 rings (SSSR count). The van der Waals surface area contributed by atoms with Crippen molar-refractivity contribution in [2.24, 2.45) is 5.92 Å². The fourth-order valence-corrected chi connectivity index (χ4v) is 5.96. The van der Waals surface area contributed by atoms with Crippen LogP contribution in [-0.2, 0) is 31.3 Å². The minimum Gasteiger partial charge on any atom is -0.488 e. The first-order valence-corrected chi connectivity index (χ1v) is 15.0. The fourth-order valence-electron chi connectivity index (χ4n) is 4.16. The molecule has 2 heterocycles. The van der Waals surface area contributed by atoms with Crippen LogP contribution in [0.2, 0.25) is 0 Å². The number of nitrogens with zero attached hydrogens (tertiary/aromatic N) is 3. The molecule has 37 heavy (non-hydrogen) atoms. The van der Waals surface area contributed by atoms with Gasteiger partial charge in [0.2, 0.25) is 15.9 Å². The Morgan fingerprint density at radius 1 is 1.27 bits per heavy atom. The normalized spacial score (nSPS) is 20.0. The van der Waals surface area contributed by atoms with Crippen LogP contribution < -0.4 is 9.46 Å². The van der Waals surface area contributed by atoms with Gasteiger partial charge >= 0.3 is 0 Å². The van der Waals surface area contributed by atoms with Crippen molar-refractivity contribution in [2.45, 2.75) is 51.2 Å². The average Bonchev–Trinajstić information content (AvgIpc) is 3.16. The van der Waals surface area contributed by atoms with E-state index in [0.717, 1.165) is 6.26 Å². The van der Waals surface area contributed by atoms with Crippen molar-refractivity contribution < 1.29 is 36.0 Å². The van der Waals surface area contributed by atoms with E-state index < -0.39 is 32.2 Å². The van der Waals surface area contributed by atoms with Gasteiger partial charge in [-0.25, -0.2) is 21.1 Å². The Hall–Kier alpha value is -2.68. The average molecular weight is 559 g/mol. The number of hydrogen-bond donors (Lipinski definition) is 2. The van der Waals surface area contributed by atoms with Crippen LogP contribution in [0, 0.1) is 19.8 Å². The lowest BCUT2D eigenvalue weighted by Gasteiger charge is -2.33.